The molecule has 1 spiro atoms. The van der Waals surface area contributed by atoms with Gasteiger partial charge in [0.05, 0.1) is 35.8 Å². The van der Waals surface area contributed by atoms with E-state index in [9.17, 15) is 19.5 Å². The Labute approximate surface area is 229 Å². The number of aliphatic hydroxyl groups excluding tert-OH is 1. The van der Waals surface area contributed by atoms with Crippen molar-refractivity contribution in [3.8, 4) is 0 Å². The minimum atomic E-state index is -0.947. The molecule has 1 aromatic carbocycles. The first-order valence-corrected chi connectivity index (χ1v) is 14.7. The van der Waals surface area contributed by atoms with Crippen molar-refractivity contribution in [3.63, 3.8) is 0 Å². The van der Waals surface area contributed by atoms with Gasteiger partial charge < -0.3 is 19.6 Å². The SMILES string of the molecule is CCCCCN1CC=C[C@]23S[C@]4(C)/C=C\CCCOC(=O)[C@@H]4[C@H]2C(=O)N([C@H](CO)c2ccccc2)C3C1=O. The number of hydrogen-bond donors (Lipinski definition) is 1. The summed E-state index contributed by atoms with van der Waals surface area (Å²) in [6.07, 6.45) is 12.6. The van der Waals surface area contributed by atoms with Gasteiger partial charge in [0.25, 0.3) is 0 Å². The molecule has 4 heterocycles. The molecule has 2 saturated heterocycles. The quantitative estimate of drug-likeness (QED) is 0.322. The number of benzene rings is 1. The highest BCUT2D eigenvalue weighted by molar-refractivity contribution is 8.02. The lowest BCUT2D eigenvalue weighted by Gasteiger charge is -2.40. The maximum atomic E-state index is 14.5. The lowest BCUT2D eigenvalue weighted by Crippen LogP contribution is -2.54. The van der Waals surface area contributed by atoms with E-state index in [1.54, 1.807) is 16.7 Å². The van der Waals surface area contributed by atoms with Crippen molar-refractivity contribution < 1.29 is 24.2 Å². The average Bonchev–Trinajstić information content (AvgIpc) is 3.26. The number of allylic oxidation sites excluding steroid dienone is 1. The van der Waals surface area contributed by atoms with Gasteiger partial charge in [0.15, 0.2) is 0 Å². The van der Waals surface area contributed by atoms with Gasteiger partial charge in [0, 0.05) is 17.8 Å². The van der Waals surface area contributed by atoms with Crippen LogP contribution in [0.25, 0.3) is 0 Å². The van der Waals surface area contributed by atoms with E-state index in [1.165, 1.54) is 0 Å². The number of rotatable bonds is 7. The minimum Gasteiger partial charge on any atom is -0.465 e. The first kappa shape index (κ1) is 27.0. The number of amides is 2. The molecule has 0 aliphatic carbocycles. The van der Waals surface area contributed by atoms with Crippen molar-refractivity contribution in [2.75, 3.05) is 26.3 Å². The van der Waals surface area contributed by atoms with E-state index in [4.69, 9.17) is 4.74 Å². The van der Waals surface area contributed by atoms with E-state index < -0.39 is 33.4 Å². The van der Waals surface area contributed by atoms with Gasteiger partial charge >= 0.3 is 5.97 Å². The number of ether oxygens (including phenoxy) is 1. The highest BCUT2D eigenvalue weighted by Crippen LogP contribution is 2.66. The Morgan fingerprint density at radius 2 is 1.87 bits per heavy atom. The molecule has 0 aromatic heterocycles. The Hall–Kier alpha value is -2.58. The molecule has 1 aromatic rings. The summed E-state index contributed by atoms with van der Waals surface area (Å²) in [5, 5.41) is 10.6. The number of esters is 1. The van der Waals surface area contributed by atoms with Crippen LogP contribution >= 0.6 is 11.8 Å². The van der Waals surface area contributed by atoms with Gasteiger partial charge in [0.2, 0.25) is 11.8 Å². The first-order valence-electron chi connectivity index (χ1n) is 13.9. The molecule has 0 radical (unpaired) electrons. The van der Waals surface area contributed by atoms with E-state index in [0.717, 1.165) is 37.7 Å². The fourth-order valence-corrected chi connectivity index (χ4v) is 8.88. The third-order valence-electron chi connectivity index (χ3n) is 8.50. The molecule has 0 saturated carbocycles. The zero-order valence-corrected chi connectivity index (χ0v) is 23.1. The molecule has 1 unspecified atom stereocenters. The largest absolute Gasteiger partial charge is 0.465 e. The van der Waals surface area contributed by atoms with E-state index in [2.05, 4.69) is 19.1 Å². The van der Waals surface area contributed by atoms with Gasteiger partial charge in [-0.1, -0.05) is 74.4 Å². The van der Waals surface area contributed by atoms with Crippen LogP contribution < -0.4 is 0 Å². The zero-order chi connectivity index (χ0) is 26.9. The van der Waals surface area contributed by atoms with Gasteiger partial charge in [-0.3, -0.25) is 14.4 Å². The molecule has 0 bridgehead atoms. The van der Waals surface area contributed by atoms with Gasteiger partial charge in [-0.15, -0.1) is 11.8 Å². The van der Waals surface area contributed by atoms with Gasteiger partial charge in [-0.05, 0) is 31.7 Å². The number of hydrogen-bond acceptors (Lipinski definition) is 6. The Kier molecular flexibility index (Phi) is 7.74. The second-order valence-electron chi connectivity index (χ2n) is 11.0. The maximum absolute atomic E-state index is 14.5. The van der Waals surface area contributed by atoms with Crippen LogP contribution in [0.15, 0.2) is 54.6 Å². The van der Waals surface area contributed by atoms with Crippen molar-refractivity contribution >= 4 is 29.5 Å². The number of likely N-dealkylation sites (tertiary alicyclic amines) is 1. The molecule has 4 aliphatic rings. The second kappa shape index (κ2) is 10.9. The number of unbranched alkanes of at least 4 members (excludes halogenated alkanes) is 2. The number of thioether (sulfide) groups is 1. The Balaban J connectivity index is 1.65. The second-order valence-corrected chi connectivity index (χ2v) is 12.7. The summed E-state index contributed by atoms with van der Waals surface area (Å²) < 4.78 is 4.05. The van der Waals surface area contributed by atoms with Crippen LogP contribution in [0.4, 0.5) is 0 Å². The molecular weight excluding hydrogens is 500 g/mol. The van der Waals surface area contributed by atoms with Crippen LogP contribution in [0.3, 0.4) is 0 Å². The Bertz CT molecular complexity index is 1120. The van der Waals surface area contributed by atoms with Crippen LogP contribution in [-0.2, 0) is 19.1 Å². The van der Waals surface area contributed by atoms with Crippen molar-refractivity contribution in [3.05, 3.63) is 60.2 Å². The summed E-state index contributed by atoms with van der Waals surface area (Å²) in [5.41, 5.74) is 0.765. The molecular formula is C30H38N2O5S. The molecule has 2 amide bonds. The van der Waals surface area contributed by atoms with E-state index >= 15 is 0 Å². The predicted molar refractivity (Wildman–Crippen MR) is 147 cm³/mol. The molecule has 8 heteroatoms. The summed E-state index contributed by atoms with van der Waals surface area (Å²) in [6.45, 7) is 5.19. The summed E-state index contributed by atoms with van der Waals surface area (Å²) in [6, 6.07) is 7.84. The molecule has 204 valence electrons. The molecule has 2 fully saturated rings. The van der Waals surface area contributed by atoms with Crippen LogP contribution in [0.1, 0.15) is 57.6 Å². The monoisotopic (exact) mass is 538 g/mol. The molecule has 6 atom stereocenters. The van der Waals surface area contributed by atoms with E-state index in [-0.39, 0.29) is 24.4 Å². The highest BCUT2D eigenvalue weighted by Gasteiger charge is 2.74. The van der Waals surface area contributed by atoms with Crippen LogP contribution in [0.2, 0.25) is 0 Å². The standard InChI is InChI=1S/C30H38N2O5S/c1-3-4-10-17-31-18-12-16-30-23(24-28(36)37-19-11-6-9-15-29(24,2)38-30)26(34)32(25(30)27(31)35)22(20-33)21-13-7-5-8-14-21/h5,7-9,12-16,22-25,33H,3-4,6,10-11,17-20H2,1-2H3/b15-9-/t22-,23+,24+,25?,29-,30+/m1/s1. The maximum Gasteiger partial charge on any atom is 0.311 e. The van der Waals surface area contributed by atoms with Gasteiger partial charge in [-0.2, -0.15) is 0 Å². The van der Waals surface area contributed by atoms with Gasteiger partial charge in [0.1, 0.15) is 6.04 Å². The summed E-state index contributed by atoms with van der Waals surface area (Å²) in [4.78, 5) is 46.0. The fourth-order valence-electron chi connectivity index (χ4n) is 6.74. The lowest BCUT2D eigenvalue weighted by molar-refractivity contribution is -0.154. The molecule has 1 N–H and O–H groups in total. The summed E-state index contributed by atoms with van der Waals surface area (Å²) in [5.74, 6) is -2.27. The topological polar surface area (TPSA) is 87.2 Å². The Morgan fingerprint density at radius 3 is 2.61 bits per heavy atom. The smallest absolute Gasteiger partial charge is 0.311 e. The van der Waals surface area contributed by atoms with E-state index in [0.29, 0.717) is 19.7 Å². The Morgan fingerprint density at radius 1 is 1.08 bits per heavy atom. The molecule has 5 rings (SSSR count). The summed E-state index contributed by atoms with van der Waals surface area (Å²) in [7, 11) is 0. The number of fused-ring (bicyclic) bond motifs is 2. The molecule has 38 heavy (non-hydrogen) atoms. The van der Waals surface area contributed by atoms with Gasteiger partial charge in [-0.25, -0.2) is 0 Å². The zero-order valence-electron chi connectivity index (χ0n) is 22.3. The van der Waals surface area contributed by atoms with E-state index in [1.807, 2.05) is 54.3 Å². The average molecular weight is 539 g/mol. The fraction of sp³-hybridized carbons (Fsp3) is 0.567. The van der Waals surface area contributed by atoms with Crippen LogP contribution in [0, 0.1) is 11.8 Å². The van der Waals surface area contributed by atoms with Crippen molar-refractivity contribution in [2.45, 2.75) is 67.5 Å². The summed E-state index contributed by atoms with van der Waals surface area (Å²) >= 11 is 1.55. The number of nitrogens with zero attached hydrogens (tertiary/aromatic N) is 2. The molecule has 4 aliphatic heterocycles. The van der Waals surface area contributed by atoms with Crippen LogP contribution in [0.5, 0.6) is 0 Å². The predicted octanol–water partition coefficient (Wildman–Crippen LogP) is 3.89. The number of carbonyl (C=O) groups is 3. The first-order chi connectivity index (χ1) is 18.4. The third kappa shape index (κ3) is 4.39. The van der Waals surface area contributed by atoms with Crippen LogP contribution in [-0.4, -0.2) is 74.5 Å². The lowest BCUT2D eigenvalue weighted by atomic mass is 9.74. The highest BCUT2D eigenvalue weighted by atomic mass is 32.2. The number of cyclic esters (lactones) is 1. The van der Waals surface area contributed by atoms with Crippen molar-refractivity contribution in [1.29, 1.82) is 0 Å². The van der Waals surface area contributed by atoms with Crippen molar-refractivity contribution in [1.82, 2.24) is 9.80 Å². The molecule has 7 nitrogen and oxygen atoms in total. The van der Waals surface area contributed by atoms with Crippen molar-refractivity contribution in [2.24, 2.45) is 11.8 Å². The third-order valence-corrected chi connectivity index (χ3v) is 10.3. The normalized spacial score (nSPS) is 34.4. The minimum absolute atomic E-state index is 0.115. The number of carbonyl (C=O) groups excluding carboxylic acids is 3. The number of aliphatic hydroxyl groups is 1.